The molecule has 150 valence electrons. The monoisotopic (exact) mass is 404 g/mol. The lowest BCUT2D eigenvalue weighted by Gasteiger charge is -2.14. The number of ether oxygens (including phenoxy) is 1. The van der Waals surface area contributed by atoms with Crippen molar-refractivity contribution < 1.29 is 4.74 Å². The molecule has 0 unspecified atom stereocenters. The smallest absolute Gasteiger partial charge is 0.155 e. The van der Waals surface area contributed by atoms with E-state index in [-0.39, 0.29) is 0 Å². The molecule has 5 nitrogen and oxygen atoms in total. The summed E-state index contributed by atoms with van der Waals surface area (Å²) in [7, 11) is 0. The molecule has 31 heavy (non-hydrogen) atoms. The van der Waals surface area contributed by atoms with Crippen LogP contribution in [0.3, 0.4) is 0 Å². The zero-order chi connectivity index (χ0) is 21.2. The van der Waals surface area contributed by atoms with Gasteiger partial charge in [0.2, 0.25) is 0 Å². The fourth-order valence-corrected chi connectivity index (χ4v) is 3.50. The summed E-state index contributed by atoms with van der Waals surface area (Å²) in [5.41, 5.74) is 6.56. The molecule has 0 saturated carbocycles. The Morgan fingerprint density at radius 2 is 1.58 bits per heavy atom. The Morgan fingerprint density at radius 1 is 0.710 bits per heavy atom. The zero-order valence-electron chi connectivity index (χ0n) is 17.3. The molecule has 4 heterocycles. The summed E-state index contributed by atoms with van der Waals surface area (Å²) in [6, 6.07) is 19.8. The highest BCUT2D eigenvalue weighted by molar-refractivity contribution is 5.89. The number of benzene rings is 1. The van der Waals surface area contributed by atoms with Crippen LogP contribution in [0.25, 0.3) is 33.4 Å². The second-order valence-corrected chi connectivity index (χ2v) is 7.33. The quantitative estimate of drug-likeness (QED) is 0.359. The Bertz CT molecular complexity index is 1370. The van der Waals surface area contributed by atoms with Gasteiger partial charge in [0.25, 0.3) is 0 Å². The molecule has 0 atom stereocenters. The van der Waals surface area contributed by atoms with Crippen molar-refractivity contribution in [1.82, 2.24) is 19.9 Å². The van der Waals surface area contributed by atoms with E-state index in [0.29, 0.717) is 5.75 Å². The Hall–Kier alpha value is -4.12. The summed E-state index contributed by atoms with van der Waals surface area (Å²) in [6.45, 7) is 4.02. The molecular weight excluding hydrogens is 384 g/mol. The van der Waals surface area contributed by atoms with E-state index in [1.807, 2.05) is 62.4 Å². The lowest BCUT2D eigenvalue weighted by atomic mass is 10.0. The minimum absolute atomic E-state index is 0.674. The first kappa shape index (κ1) is 18.9. The number of rotatable bonds is 4. The molecule has 1 aromatic carbocycles. The molecular formula is C26H20N4O. The highest BCUT2D eigenvalue weighted by Gasteiger charge is 2.15. The number of pyridine rings is 4. The van der Waals surface area contributed by atoms with Crippen molar-refractivity contribution in [1.29, 1.82) is 0 Å². The fraction of sp³-hybridized carbons (Fsp3) is 0.0769. The number of hydrogen-bond acceptors (Lipinski definition) is 5. The Morgan fingerprint density at radius 3 is 2.39 bits per heavy atom. The average Bonchev–Trinajstić information content (AvgIpc) is 2.82. The predicted octanol–water partition coefficient (Wildman–Crippen LogP) is 6.16. The van der Waals surface area contributed by atoms with Gasteiger partial charge in [-0.3, -0.25) is 15.0 Å². The van der Waals surface area contributed by atoms with Gasteiger partial charge < -0.3 is 4.74 Å². The van der Waals surface area contributed by atoms with Crippen molar-refractivity contribution in [3.8, 4) is 34.0 Å². The van der Waals surface area contributed by atoms with E-state index in [9.17, 15) is 0 Å². The molecule has 4 aromatic heterocycles. The molecule has 5 heteroatoms. The zero-order valence-corrected chi connectivity index (χ0v) is 17.3. The van der Waals surface area contributed by atoms with Gasteiger partial charge in [0.15, 0.2) is 5.75 Å². The van der Waals surface area contributed by atoms with Crippen LogP contribution in [-0.2, 0) is 0 Å². The predicted molar refractivity (Wildman–Crippen MR) is 122 cm³/mol. The SMILES string of the molecule is Cc1cc(Oc2ccnc3cc(-c4ccncc4)ccc23)c(-c2ccccn2)nc1C. The van der Waals surface area contributed by atoms with Crippen LogP contribution >= 0.6 is 0 Å². The second kappa shape index (κ2) is 7.95. The van der Waals surface area contributed by atoms with Crippen LogP contribution in [0.5, 0.6) is 11.5 Å². The number of nitrogens with zero attached hydrogens (tertiary/aromatic N) is 4. The molecule has 0 amide bonds. The van der Waals surface area contributed by atoms with Gasteiger partial charge in [-0.25, -0.2) is 4.98 Å². The van der Waals surface area contributed by atoms with Gasteiger partial charge in [-0.1, -0.05) is 12.1 Å². The van der Waals surface area contributed by atoms with Crippen molar-refractivity contribution in [2.45, 2.75) is 13.8 Å². The molecule has 0 radical (unpaired) electrons. The van der Waals surface area contributed by atoms with E-state index >= 15 is 0 Å². The van der Waals surface area contributed by atoms with Gasteiger partial charge >= 0.3 is 0 Å². The number of hydrogen-bond donors (Lipinski definition) is 0. The Kier molecular flexibility index (Phi) is 4.84. The lowest BCUT2D eigenvalue weighted by molar-refractivity contribution is 0.486. The molecule has 0 N–H and O–H groups in total. The van der Waals surface area contributed by atoms with Crippen molar-refractivity contribution in [3.63, 3.8) is 0 Å². The number of aryl methyl sites for hydroxylation is 2. The van der Waals surface area contributed by atoms with Gasteiger partial charge in [-0.2, -0.15) is 0 Å². The normalized spacial score (nSPS) is 10.9. The van der Waals surface area contributed by atoms with Gasteiger partial charge in [0.05, 0.1) is 11.2 Å². The summed E-state index contributed by atoms with van der Waals surface area (Å²) >= 11 is 0. The van der Waals surface area contributed by atoms with Crippen LogP contribution < -0.4 is 4.74 Å². The fourth-order valence-electron chi connectivity index (χ4n) is 3.50. The van der Waals surface area contributed by atoms with Crippen LogP contribution in [-0.4, -0.2) is 19.9 Å². The van der Waals surface area contributed by atoms with Gasteiger partial charge in [-0.15, -0.1) is 0 Å². The second-order valence-electron chi connectivity index (χ2n) is 7.33. The third-order valence-electron chi connectivity index (χ3n) is 5.27. The summed E-state index contributed by atoms with van der Waals surface area (Å²) in [6.07, 6.45) is 7.11. The van der Waals surface area contributed by atoms with Crippen molar-refractivity contribution >= 4 is 10.9 Å². The third-order valence-corrected chi connectivity index (χ3v) is 5.27. The minimum Gasteiger partial charge on any atom is -0.454 e. The topological polar surface area (TPSA) is 60.8 Å². The van der Waals surface area contributed by atoms with Crippen LogP contribution in [0, 0.1) is 13.8 Å². The summed E-state index contributed by atoms with van der Waals surface area (Å²) < 4.78 is 6.41. The average molecular weight is 404 g/mol. The first-order valence-corrected chi connectivity index (χ1v) is 10.1. The number of fused-ring (bicyclic) bond motifs is 1. The molecule has 0 bridgehead atoms. The van der Waals surface area contributed by atoms with Crippen molar-refractivity contribution in [2.24, 2.45) is 0 Å². The highest BCUT2D eigenvalue weighted by Crippen LogP contribution is 2.36. The summed E-state index contributed by atoms with van der Waals surface area (Å²) in [4.78, 5) is 17.9. The van der Waals surface area contributed by atoms with Gasteiger partial charge in [0.1, 0.15) is 11.4 Å². The molecule has 5 rings (SSSR count). The van der Waals surface area contributed by atoms with Crippen LogP contribution in [0.2, 0.25) is 0 Å². The lowest BCUT2D eigenvalue weighted by Crippen LogP contribution is -1.98. The standard InChI is InChI=1S/C26H20N4O/c1-17-15-25(26(30-18(17)2)22-5-3-4-11-28-22)31-24-10-14-29-23-16-20(6-7-21(23)24)19-8-12-27-13-9-19/h3-16H,1-2H3. The maximum atomic E-state index is 6.41. The first-order chi connectivity index (χ1) is 15.2. The molecule has 0 saturated heterocycles. The molecule has 0 aliphatic carbocycles. The van der Waals surface area contributed by atoms with Crippen LogP contribution in [0.4, 0.5) is 0 Å². The Labute approximate surface area is 180 Å². The van der Waals surface area contributed by atoms with E-state index in [2.05, 4.69) is 27.1 Å². The molecule has 5 aromatic rings. The molecule has 0 spiro atoms. The maximum absolute atomic E-state index is 6.41. The summed E-state index contributed by atoms with van der Waals surface area (Å²) in [5.74, 6) is 1.40. The van der Waals surface area contributed by atoms with E-state index in [0.717, 1.165) is 50.4 Å². The third kappa shape index (κ3) is 3.73. The van der Waals surface area contributed by atoms with E-state index in [1.54, 1.807) is 24.8 Å². The molecule has 0 aliphatic rings. The highest BCUT2D eigenvalue weighted by atomic mass is 16.5. The van der Waals surface area contributed by atoms with E-state index < -0.39 is 0 Å². The molecule has 0 fully saturated rings. The first-order valence-electron chi connectivity index (χ1n) is 10.1. The number of aromatic nitrogens is 4. The largest absolute Gasteiger partial charge is 0.454 e. The van der Waals surface area contributed by atoms with Gasteiger partial charge in [-0.05, 0) is 79.1 Å². The maximum Gasteiger partial charge on any atom is 0.155 e. The Balaban J connectivity index is 1.59. The van der Waals surface area contributed by atoms with Crippen LogP contribution in [0.15, 0.2) is 85.5 Å². The minimum atomic E-state index is 0.674. The van der Waals surface area contributed by atoms with Gasteiger partial charge in [0, 0.05) is 35.9 Å². The van der Waals surface area contributed by atoms with Crippen molar-refractivity contribution in [2.75, 3.05) is 0 Å². The van der Waals surface area contributed by atoms with E-state index in [4.69, 9.17) is 9.72 Å². The molecule has 0 aliphatic heterocycles. The van der Waals surface area contributed by atoms with Crippen molar-refractivity contribution in [3.05, 3.63) is 96.7 Å². The summed E-state index contributed by atoms with van der Waals surface area (Å²) in [5, 5.41) is 0.936. The van der Waals surface area contributed by atoms with E-state index in [1.165, 1.54) is 0 Å². The van der Waals surface area contributed by atoms with Crippen LogP contribution in [0.1, 0.15) is 11.3 Å².